The van der Waals surface area contributed by atoms with Crippen LogP contribution in [0.5, 0.6) is 0 Å². The number of hydrogen-bond acceptors (Lipinski definition) is 3. The summed E-state index contributed by atoms with van der Waals surface area (Å²) in [5.74, 6) is 0.482. The number of thioether (sulfide) groups is 1. The van der Waals surface area contributed by atoms with Crippen LogP contribution in [0.4, 0.5) is 0 Å². The third-order valence-electron chi connectivity index (χ3n) is 0.463. The first kappa shape index (κ1) is 8.27. The molecule has 0 fully saturated rings. The first-order valence-electron chi connectivity index (χ1n) is 2.13. The lowest BCUT2D eigenvalue weighted by Gasteiger charge is -1.89. The van der Waals surface area contributed by atoms with Crippen LogP contribution < -0.4 is 0 Å². The summed E-state index contributed by atoms with van der Waals surface area (Å²) in [6.45, 7) is 0.0350. The molecule has 0 unspecified atom stereocenters. The highest BCUT2D eigenvalue weighted by Crippen LogP contribution is 2.00. The minimum Gasteiger partial charge on any atom is -0.396 e. The Labute approximate surface area is 57.2 Å². The lowest BCUT2D eigenvalue weighted by atomic mass is 10.9. The van der Waals surface area contributed by atoms with Gasteiger partial charge in [0.15, 0.2) is 0 Å². The quantitative estimate of drug-likeness (QED) is 0.601. The van der Waals surface area contributed by atoms with Gasteiger partial charge in [-0.2, -0.15) is 0 Å². The van der Waals surface area contributed by atoms with Gasteiger partial charge in [-0.15, -0.1) is 11.6 Å². The van der Waals surface area contributed by atoms with Crippen molar-refractivity contribution in [1.29, 1.82) is 0 Å². The Morgan fingerprint density at radius 3 is 2.75 bits per heavy atom. The molecule has 1 N–H and O–H groups in total. The van der Waals surface area contributed by atoms with E-state index in [2.05, 4.69) is 0 Å². The average Bonchev–Trinajstić information content (AvgIpc) is 1.83. The van der Waals surface area contributed by atoms with Crippen molar-refractivity contribution in [1.82, 2.24) is 0 Å². The van der Waals surface area contributed by atoms with Gasteiger partial charge in [0.2, 0.25) is 5.12 Å². The molecular formula is C4H7ClO2S. The van der Waals surface area contributed by atoms with Crippen molar-refractivity contribution in [2.24, 2.45) is 0 Å². The van der Waals surface area contributed by atoms with Gasteiger partial charge in [0.1, 0.15) is 0 Å². The highest BCUT2D eigenvalue weighted by molar-refractivity contribution is 8.13. The number of rotatable bonds is 3. The maximum atomic E-state index is 10.3. The van der Waals surface area contributed by atoms with E-state index in [1.54, 1.807) is 0 Å². The maximum absolute atomic E-state index is 10.3. The van der Waals surface area contributed by atoms with E-state index in [4.69, 9.17) is 16.7 Å². The third-order valence-corrected chi connectivity index (χ3v) is 1.72. The normalized spacial score (nSPS) is 9.25. The fourth-order valence-electron chi connectivity index (χ4n) is 0.198. The second-order valence-corrected chi connectivity index (χ2v) is 2.50. The van der Waals surface area contributed by atoms with Crippen molar-refractivity contribution < 1.29 is 9.90 Å². The zero-order chi connectivity index (χ0) is 6.41. The van der Waals surface area contributed by atoms with E-state index in [1.165, 1.54) is 0 Å². The molecule has 0 aliphatic rings. The maximum Gasteiger partial charge on any atom is 0.203 e. The number of aliphatic hydroxyl groups excluding tert-OH is 1. The zero-order valence-corrected chi connectivity index (χ0v) is 5.84. The molecule has 0 aromatic carbocycles. The first-order chi connectivity index (χ1) is 3.81. The Bertz CT molecular complexity index is 76.4. The van der Waals surface area contributed by atoms with Crippen LogP contribution in [0.2, 0.25) is 0 Å². The summed E-state index contributed by atoms with van der Waals surface area (Å²) in [6.07, 6.45) is 0. The van der Waals surface area contributed by atoms with Gasteiger partial charge in [0.25, 0.3) is 0 Å². The van der Waals surface area contributed by atoms with Crippen LogP contribution >= 0.6 is 23.4 Å². The Morgan fingerprint density at radius 1 is 1.75 bits per heavy atom. The number of carbonyl (C=O) groups is 1. The molecule has 0 aliphatic carbocycles. The highest BCUT2D eigenvalue weighted by atomic mass is 35.5. The fraction of sp³-hybridized carbons (Fsp3) is 0.750. The van der Waals surface area contributed by atoms with Crippen LogP contribution in [0.15, 0.2) is 0 Å². The number of hydrogen-bond donors (Lipinski definition) is 1. The van der Waals surface area contributed by atoms with Gasteiger partial charge in [-0.05, 0) is 0 Å². The monoisotopic (exact) mass is 154 g/mol. The molecule has 0 saturated carbocycles. The van der Waals surface area contributed by atoms with Crippen molar-refractivity contribution in [3.63, 3.8) is 0 Å². The molecule has 0 bridgehead atoms. The fourth-order valence-corrected chi connectivity index (χ4v) is 0.826. The van der Waals surface area contributed by atoms with Crippen LogP contribution in [-0.4, -0.2) is 28.5 Å². The predicted octanol–water partition coefficient (Wildman–Crippen LogP) is 0.477. The van der Waals surface area contributed by atoms with E-state index < -0.39 is 0 Å². The van der Waals surface area contributed by atoms with Gasteiger partial charge >= 0.3 is 0 Å². The van der Waals surface area contributed by atoms with E-state index >= 15 is 0 Å². The Morgan fingerprint density at radius 2 is 2.38 bits per heavy atom. The molecule has 0 saturated heterocycles. The summed E-state index contributed by atoms with van der Waals surface area (Å²) in [5, 5.41) is 8.11. The molecule has 0 amide bonds. The second-order valence-electron chi connectivity index (χ2n) is 1.08. The molecule has 2 nitrogen and oxygen atoms in total. The molecule has 0 atom stereocenters. The first-order valence-corrected chi connectivity index (χ1v) is 3.65. The average molecular weight is 155 g/mol. The van der Waals surface area contributed by atoms with E-state index in [-0.39, 0.29) is 17.6 Å². The number of aliphatic hydroxyl groups is 1. The van der Waals surface area contributed by atoms with Crippen LogP contribution in [0.1, 0.15) is 0 Å². The number of halogens is 1. The highest BCUT2D eigenvalue weighted by Gasteiger charge is 1.96. The molecule has 0 aromatic heterocycles. The molecule has 4 heteroatoms. The van der Waals surface area contributed by atoms with Crippen molar-refractivity contribution in [3.05, 3.63) is 0 Å². The van der Waals surface area contributed by atoms with Crippen molar-refractivity contribution in [3.8, 4) is 0 Å². The lowest BCUT2D eigenvalue weighted by molar-refractivity contribution is -0.108. The number of alkyl halides is 1. The topological polar surface area (TPSA) is 37.3 Å². The Hall–Kier alpha value is 0.270. The Balaban J connectivity index is 2.99. The van der Waals surface area contributed by atoms with Gasteiger partial charge in [0.05, 0.1) is 12.5 Å². The molecule has 0 aliphatic heterocycles. The summed E-state index contributed by atoms with van der Waals surface area (Å²) in [7, 11) is 0. The molecular weight excluding hydrogens is 148 g/mol. The van der Waals surface area contributed by atoms with Crippen LogP contribution in [0, 0.1) is 0 Å². The van der Waals surface area contributed by atoms with Gasteiger partial charge in [-0.1, -0.05) is 11.8 Å². The van der Waals surface area contributed by atoms with Gasteiger partial charge in [-0.25, -0.2) is 0 Å². The van der Waals surface area contributed by atoms with Gasteiger partial charge < -0.3 is 5.11 Å². The van der Waals surface area contributed by atoms with Crippen LogP contribution in [0.25, 0.3) is 0 Å². The second kappa shape index (κ2) is 5.41. The molecule has 48 valence electrons. The summed E-state index contributed by atoms with van der Waals surface area (Å²) < 4.78 is 0. The molecule has 0 rings (SSSR count). The van der Waals surface area contributed by atoms with E-state index in [0.717, 1.165) is 11.8 Å². The molecule has 0 spiro atoms. The summed E-state index contributed by atoms with van der Waals surface area (Å²) in [4.78, 5) is 10.3. The SMILES string of the molecule is O=C(CCl)SCCO. The van der Waals surface area contributed by atoms with E-state index in [1.807, 2.05) is 0 Å². The molecule has 0 radical (unpaired) electrons. The van der Waals surface area contributed by atoms with Gasteiger partial charge in [-0.3, -0.25) is 4.79 Å². The number of carbonyl (C=O) groups excluding carboxylic acids is 1. The molecule has 0 heterocycles. The third kappa shape index (κ3) is 4.43. The van der Waals surface area contributed by atoms with Gasteiger partial charge in [0, 0.05) is 5.75 Å². The smallest absolute Gasteiger partial charge is 0.203 e. The van der Waals surface area contributed by atoms with E-state index in [0.29, 0.717) is 5.75 Å². The summed E-state index contributed by atoms with van der Waals surface area (Å²) >= 11 is 6.19. The predicted molar refractivity (Wildman–Crippen MR) is 35.3 cm³/mol. The van der Waals surface area contributed by atoms with Crippen molar-refractivity contribution >= 4 is 28.5 Å². The standard InChI is InChI=1S/C4H7ClO2S/c5-3-4(7)8-2-1-6/h6H,1-3H2. The van der Waals surface area contributed by atoms with Crippen LogP contribution in [-0.2, 0) is 4.79 Å². The largest absolute Gasteiger partial charge is 0.396 e. The minimum absolute atomic E-state index is 0.0324. The van der Waals surface area contributed by atoms with Crippen LogP contribution in [0.3, 0.4) is 0 Å². The molecule has 0 aromatic rings. The summed E-state index contributed by atoms with van der Waals surface area (Å²) in [5.41, 5.74) is 0. The van der Waals surface area contributed by atoms with Crippen molar-refractivity contribution in [2.75, 3.05) is 18.2 Å². The zero-order valence-electron chi connectivity index (χ0n) is 4.26. The summed E-state index contributed by atoms with van der Waals surface area (Å²) in [6, 6.07) is 0. The Kier molecular flexibility index (Phi) is 5.59. The van der Waals surface area contributed by atoms with E-state index in [9.17, 15) is 4.79 Å². The lowest BCUT2D eigenvalue weighted by Crippen LogP contribution is -1.96. The van der Waals surface area contributed by atoms with Crippen molar-refractivity contribution in [2.45, 2.75) is 0 Å². The molecule has 8 heavy (non-hydrogen) atoms. The minimum atomic E-state index is -0.0827.